The molecule has 0 saturated heterocycles. The maximum Gasteiger partial charge on any atom is 0.423 e. The quantitative estimate of drug-likeness (QED) is 0.633. The molecule has 11 heteroatoms. The Bertz CT molecular complexity index is 923. The minimum absolute atomic E-state index is 0.0101. The predicted molar refractivity (Wildman–Crippen MR) is 69.1 cm³/mol. The molecule has 1 N–H and O–H groups in total. The van der Waals surface area contributed by atoms with Crippen LogP contribution in [0.3, 0.4) is 0 Å². The number of rotatable bonds is 1. The van der Waals surface area contributed by atoms with E-state index in [4.69, 9.17) is 11.8 Å². The van der Waals surface area contributed by atoms with Gasteiger partial charge in [0.15, 0.2) is 11.3 Å². The second-order valence-electron chi connectivity index (χ2n) is 4.09. The molecule has 0 aliphatic heterocycles. The maximum absolute atomic E-state index is 12.9. The molecule has 0 radical (unpaired) electrons. The number of fused-ring (bicyclic) bond motifs is 1. The van der Waals surface area contributed by atoms with Crippen molar-refractivity contribution in [3.05, 3.63) is 54.5 Å². The van der Waals surface area contributed by atoms with Crippen molar-refractivity contribution in [2.45, 2.75) is 6.18 Å². The van der Waals surface area contributed by atoms with Crippen molar-refractivity contribution in [3.63, 3.8) is 0 Å². The molecule has 1 heterocycles. The van der Waals surface area contributed by atoms with E-state index in [9.17, 15) is 38.0 Å². The zero-order valence-corrected chi connectivity index (χ0v) is 11.0. The fourth-order valence-corrected chi connectivity index (χ4v) is 2.08. The number of alkyl halides is 3. The number of halogens is 4. The van der Waals surface area contributed by atoms with Crippen molar-refractivity contribution < 1.29 is 23.2 Å². The summed E-state index contributed by atoms with van der Waals surface area (Å²) in [4.78, 5) is 33.0. The summed E-state index contributed by atoms with van der Waals surface area (Å²) in [6.07, 6.45) is -5.11. The van der Waals surface area contributed by atoms with E-state index in [0.29, 0.717) is 18.2 Å². The highest BCUT2D eigenvalue weighted by molar-refractivity contribution is 6.19. The van der Waals surface area contributed by atoms with Gasteiger partial charge < -0.3 is 5.11 Å². The van der Waals surface area contributed by atoms with Gasteiger partial charge in [-0.2, -0.15) is 13.2 Å². The van der Waals surface area contributed by atoms with E-state index in [1.807, 2.05) is 0 Å². The Morgan fingerprint density at radius 1 is 1.27 bits per heavy atom. The Balaban J connectivity index is 3.27. The third-order valence-electron chi connectivity index (χ3n) is 2.77. The summed E-state index contributed by atoms with van der Waals surface area (Å²) in [5.74, 6) is -1.09. The van der Waals surface area contributed by atoms with Gasteiger partial charge in [-0.25, -0.2) is 4.09 Å². The predicted octanol–water partition coefficient (Wildman–Crippen LogP) is 2.00. The van der Waals surface area contributed by atoms with E-state index in [-0.39, 0.29) is 4.09 Å². The number of benzene rings is 1. The zero-order chi connectivity index (χ0) is 16.8. The third kappa shape index (κ3) is 2.37. The lowest BCUT2D eigenvalue weighted by Gasteiger charge is -2.08. The first-order valence-corrected chi connectivity index (χ1v) is 5.73. The van der Waals surface area contributed by atoms with Crippen LogP contribution in [-0.2, 0) is 6.18 Å². The molecule has 2 rings (SSSR count). The highest BCUT2D eigenvalue weighted by Gasteiger charge is 2.40. The van der Waals surface area contributed by atoms with Gasteiger partial charge >= 0.3 is 11.9 Å². The second-order valence-corrected chi connectivity index (χ2v) is 4.43. The highest BCUT2D eigenvalue weighted by Crippen LogP contribution is 2.39. The molecule has 0 bridgehead atoms. The summed E-state index contributed by atoms with van der Waals surface area (Å²) in [7, 11) is 0. The molecule has 0 fully saturated rings. The molecule has 1 aromatic carbocycles. The van der Waals surface area contributed by atoms with Gasteiger partial charge in [0.1, 0.15) is 5.56 Å². The number of nitrogens with zero attached hydrogens (tertiary/aromatic N) is 2. The number of nitro groups is 1. The van der Waals surface area contributed by atoms with Crippen LogP contribution in [-0.4, -0.2) is 14.1 Å². The molecular weight excluding hydrogens is 333 g/mol. The maximum atomic E-state index is 12.9. The number of hydrogen-bond donors (Lipinski definition) is 1. The minimum Gasteiger partial charge on any atom is -0.504 e. The number of hydrogen-bond acceptors (Lipinski definition) is 5. The topological polar surface area (TPSA) is 102 Å². The Hall–Kier alpha value is -2.62. The summed E-state index contributed by atoms with van der Waals surface area (Å²) in [6, 6.07) is 1.26. The molecule has 0 aliphatic carbocycles. The molecule has 22 heavy (non-hydrogen) atoms. The van der Waals surface area contributed by atoms with Crippen molar-refractivity contribution in [1.82, 2.24) is 4.09 Å². The lowest BCUT2D eigenvalue weighted by atomic mass is 10.1. The fraction of sp³-hybridized carbons (Fsp3) is 0.0909. The second kappa shape index (κ2) is 4.98. The van der Waals surface area contributed by atoms with E-state index in [0.717, 1.165) is 0 Å². The van der Waals surface area contributed by atoms with Crippen LogP contribution in [0.4, 0.5) is 18.9 Å². The van der Waals surface area contributed by atoms with Crippen LogP contribution < -0.4 is 11.0 Å². The highest BCUT2D eigenvalue weighted by atomic mass is 35.5. The molecule has 0 amide bonds. The van der Waals surface area contributed by atoms with Crippen LogP contribution in [0.1, 0.15) is 5.56 Å². The molecule has 1 aromatic heterocycles. The van der Waals surface area contributed by atoms with E-state index >= 15 is 0 Å². The first-order chi connectivity index (χ1) is 10.1. The normalized spacial score (nSPS) is 11.6. The molecule has 116 valence electrons. The standard InChI is InChI=1S/C11H4ClF3N2O5/c12-16-7(19)3-6(18)10(20)4-1-2-5(11(13,14)15)9(8(4)16)17(21)22/h1-3,18H. The number of aromatic hydroxyl groups is 1. The van der Waals surface area contributed by atoms with E-state index in [2.05, 4.69) is 0 Å². The first-order valence-electron chi connectivity index (χ1n) is 5.39. The molecule has 0 saturated carbocycles. The molecule has 7 nitrogen and oxygen atoms in total. The third-order valence-corrected chi connectivity index (χ3v) is 3.10. The van der Waals surface area contributed by atoms with Crippen molar-refractivity contribution in [2.75, 3.05) is 0 Å². The van der Waals surface area contributed by atoms with E-state index in [1.54, 1.807) is 0 Å². The van der Waals surface area contributed by atoms with Gasteiger partial charge in [-0.05, 0) is 12.1 Å². The first kappa shape index (κ1) is 15.8. The summed E-state index contributed by atoms with van der Waals surface area (Å²) >= 11 is 5.51. The Labute approximate surface area is 123 Å². The average Bonchev–Trinajstić information content (AvgIpc) is 2.49. The number of aromatic nitrogens is 1. The largest absolute Gasteiger partial charge is 0.504 e. The summed E-state index contributed by atoms with van der Waals surface area (Å²) in [5.41, 5.74) is -6.83. The van der Waals surface area contributed by atoms with E-state index < -0.39 is 50.0 Å². The fourth-order valence-electron chi connectivity index (χ4n) is 1.86. The van der Waals surface area contributed by atoms with Crippen molar-refractivity contribution in [2.24, 2.45) is 0 Å². The molecule has 0 unspecified atom stereocenters. The van der Waals surface area contributed by atoms with Crippen molar-refractivity contribution in [1.29, 1.82) is 0 Å². The molecule has 0 atom stereocenters. The Morgan fingerprint density at radius 2 is 1.86 bits per heavy atom. The molecular formula is C11H4ClF3N2O5. The van der Waals surface area contributed by atoms with Gasteiger partial charge in [0, 0.05) is 11.8 Å². The monoisotopic (exact) mass is 336 g/mol. The van der Waals surface area contributed by atoms with Gasteiger partial charge in [-0.15, -0.1) is 0 Å². The average molecular weight is 337 g/mol. The SMILES string of the molecule is O=c1c(O)cc(=O)n(Cl)c2c([N+](=O)[O-])c(C(F)(F)F)ccc12. The lowest BCUT2D eigenvalue weighted by Crippen LogP contribution is -2.14. The Morgan fingerprint density at radius 3 is 2.36 bits per heavy atom. The van der Waals surface area contributed by atoms with Gasteiger partial charge in [0.2, 0.25) is 5.43 Å². The van der Waals surface area contributed by atoms with Crippen molar-refractivity contribution >= 4 is 28.4 Å². The van der Waals surface area contributed by atoms with Crippen LogP contribution in [0.25, 0.3) is 10.9 Å². The smallest absolute Gasteiger partial charge is 0.423 e. The van der Waals surface area contributed by atoms with Gasteiger partial charge in [0.25, 0.3) is 5.56 Å². The van der Waals surface area contributed by atoms with Crippen LogP contribution in [0, 0.1) is 10.1 Å². The molecule has 2 aromatic rings. The molecule has 0 spiro atoms. The van der Waals surface area contributed by atoms with Gasteiger partial charge in [0.05, 0.1) is 16.4 Å². The lowest BCUT2D eigenvalue weighted by molar-refractivity contribution is -0.386. The number of nitro benzene ring substituents is 1. The molecule has 0 aliphatic rings. The van der Waals surface area contributed by atoms with Gasteiger partial charge in [-0.3, -0.25) is 19.7 Å². The zero-order valence-electron chi connectivity index (χ0n) is 10.2. The Kier molecular flexibility index (Phi) is 3.57. The van der Waals surface area contributed by atoms with Gasteiger partial charge in [-0.1, -0.05) is 0 Å². The van der Waals surface area contributed by atoms with E-state index in [1.165, 1.54) is 0 Å². The summed E-state index contributed by atoms with van der Waals surface area (Å²) in [5, 5.41) is 19.7. The summed E-state index contributed by atoms with van der Waals surface area (Å²) in [6.45, 7) is 0. The van der Waals surface area contributed by atoms with Crippen LogP contribution >= 0.6 is 11.8 Å². The minimum atomic E-state index is -5.11. The van der Waals surface area contributed by atoms with Crippen LogP contribution in [0.5, 0.6) is 5.75 Å². The van der Waals surface area contributed by atoms with Crippen molar-refractivity contribution in [3.8, 4) is 5.75 Å². The van der Waals surface area contributed by atoms with Crippen LogP contribution in [0.15, 0.2) is 27.8 Å². The summed E-state index contributed by atoms with van der Waals surface area (Å²) < 4.78 is 38.6. The van der Waals surface area contributed by atoms with Crippen LogP contribution in [0.2, 0.25) is 0 Å².